The summed E-state index contributed by atoms with van der Waals surface area (Å²) in [6.45, 7) is 1.95. The van der Waals surface area contributed by atoms with E-state index in [-0.39, 0.29) is 15.4 Å². The molecule has 1 aromatic rings. The number of aliphatic imine (C=N–C) groups is 1. The molecule has 0 aromatic heterocycles. The Bertz CT molecular complexity index is 723. The molecule has 122 valence electrons. The maximum Gasteiger partial charge on any atom is 0.280 e. The molecule has 0 bridgehead atoms. The van der Waals surface area contributed by atoms with Crippen LogP contribution in [0.1, 0.15) is 30.1 Å². The molecule has 0 saturated carbocycles. The highest BCUT2D eigenvalue weighted by Crippen LogP contribution is 2.22. The van der Waals surface area contributed by atoms with Crippen molar-refractivity contribution in [2.45, 2.75) is 29.6 Å². The molecular weight excluding hydrogens is 326 g/mol. The van der Waals surface area contributed by atoms with Crippen molar-refractivity contribution in [2.24, 2.45) is 16.5 Å². The molecule has 1 aromatic carbocycles. The number of nitrogens with zero attached hydrogens (tertiary/aromatic N) is 1. The fraction of sp³-hybridized carbons (Fsp3) is 0.385. The number of rotatable bonds is 6. The molecule has 1 amide bonds. The summed E-state index contributed by atoms with van der Waals surface area (Å²) in [7, 11) is -5.09. The molecule has 1 unspecified atom stereocenters. The van der Waals surface area contributed by atoms with Crippen molar-refractivity contribution in [3.63, 3.8) is 0 Å². The van der Waals surface area contributed by atoms with E-state index in [0.717, 1.165) is 18.7 Å². The lowest BCUT2D eigenvalue weighted by molar-refractivity contribution is 0.100. The minimum Gasteiger partial charge on any atom is -0.370 e. The Morgan fingerprint density at radius 3 is 2.45 bits per heavy atom. The molecule has 0 heterocycles. The van der Waals surface area contributed by atoms with Crippen molar-refractivity contribution in [3.8, 4) is 0 Å². The van der Waals surface area contributed by atoms with Crippen LogP contribution in [0.25, 0.3) is 0 Å². The van der Waals surface area contributed by atoms with Crippen LogP contribution in [-0.2, 0) is 20.6 Å². The van der Waals surface area contributed by atoms with Gasteiger partial charge in [-0.1, -0.05) is 13.3 Å². The average Bonchev–Trinajstić information content (AvgIpc) is 2.42. The lowest BCUT2D eigenvalue weighted by Gasteiger charge is -2.09. The molecule has 0 aliphatic carbocycles. The summed E-state index contributed by atoms with van der Waals surface area (Å²) in [5.41, 5.74) is 10.3. The lowest BCUT2D eigenvalue weighted by Crippen LogP contribution is -2.24. The van der Waals surface area contributed by atoms with Gasteiger partial charge in [0, 0.05) is 17.6 Å². The van der Waals surface area contributed by atoms with Crippen LogP contribution in [0.2, 0.25) is 0 Å². The van der Waals surface area contributed by atoms with Gasteiger partial charge in [-0.15, -0.1) is 0 Å². The summed E-state index contributed by atoms with van der Waals surface area (Å²) in [5.74, 6) is -0.808. The minimum absolute atomic E-state index is 0.0186. The summed E-state index contributed by atoms with van der Waals surface area (Å²) in [5, 5.41) is 0. The number of hydrogen-bond acceptors (Lipinski definition) is 4. The Hall–Kier alpha value is -1.74. The predicted octanol–water partition coefficient (Wildman–Crippen LogP) is 0.411. The van der Waals surface area contributed by atoms with Gasteiger partial charge in [0.25, 0.3) is 5.91 Å². The Morgan fingerprint density at radius 1 is 1.32 bits per heavy atom. The molecule has 0 aliphatic heterocycles. The number of carbonyl (C=O) groups is 1. The van der Waals surface area contributed by atoms with Crippen molar-refractivity contribution in [3.05, 3.63) is 23.8 Å². The number of amides is 1. The van der Waals surface area contributed by atoms with Crippen molar-refractivity contribution in [1.82, 2.24) is 0 Å². The first-order chi connectivity index (χ1) is 10.2. The Morgan fingerprint density at radius 2 is 1.95 bits per heavy atom. The van der Waals surface area contributed by atoms with Gasteiger partial charge in [0.15, 0.2) is 15.8 Å². The SMILES string of the molecule is CCCCS(=O)c1ccc(C(=O)N=C(N)N)cc1S(C)(=O)=O. The van der Waals surface area contributed by atoms with E-state index in [1.165, 1.54) is 12.1 Å². The van der Waals surface area contributed by atoms with E-state index in [1.807, 2.05) is 6.92 Å². The average molecular weight is 345 g/mol. The summed E-state index contributed by atoms with van der Waals surface area (Å²) in [6, 6.07) is 3.89. The fourth-order valence-corrected chi connectivity index (χ4v) is 4.47. The molecule has 0 spiro atoms. The number of carbonyl (C=O) groups excluding carboxylic acids is 1. The van der Waals surface area contributed by atoms with E-state index in [4.69, 9.17) is 11.5 Å². The van der Waals surface area contributed by atoms with E-state index in [1.54, 1.807) is 0 Å². The second kappa shape index (κ2) is 7.50. The first kappa shape index (κ1) is 18.3. The summed E-state index contributed by atoms with van der Waals surface area (Å²) < 4.78 is 36.0. The van der Waals surface area contributed by atoms with Crippen LogP contribution >= 0.6 is 0 Å². The molecule has 1 atom stereocenters. The number of benzene rings is 1. The van der Waals surface area contributed by atoms with E-state index >= 15 is 0 Å². The van der Waals surface area contributed by atoms with E-state index < -0.39 is 32.5 Å². The van der Waals surface area contributed by atoms with E-state index in [2.05, 4.69) is 4.99 Å². The highest BCUT2D eigenvalue weighted by atomic mass is 32.2. The van der Waals surface area contributed by atoms with Gasteiger partial charge in [-0.2, -0.15) is 4.99 Å². The number of nitrogens with two attached hydrogens (primary N) is 2. The predicted molar refractivity (Wildman–Crippen MR) is 85.9 cm³/mol. The smallest absolute Gasteiger partial charge is 0.280 e. The van der Waals surface area contributed by atoms with Gasteiger partial charge < -0.3 is 11.5 Å². The Kier molecular flexibility index (Phi) is 6.24. The van der Waals surface area contributed by atoms with Gasteiger partial charge in [0.05, 0.1) is 20.6 Å². The molecule has 0 saturated heterocycles. The highest BCUT2D eigenvalue weighted by Gasteiger charge is 2.20. The second-order valence-electron chi connectivity index (χ2n) is 4.68. The minimum atomic E-state index is -3.64. The van der Waals surface area contributed by atoms with Crippen molar-refractivity contribution < 1.29 is 17.4 Å². The number of unbranched alkanes of at least 4 members (excludes halogenated alkanes) is 1. The van der Waals surface area contributed by atoms with Crippen molar-refractivity contribution in [1.29, 1.82) is 0 Å². The molecule has 0 fully saturated rings. The highest BCUT2D eigenvalue weighted by molar-refractivity contribution is 7.92. The molecule has 7 nitrogen and oxygen atoms in total. The first-order valence-corrected chi connectivity index (χ1v) is 9.74. The quantitative estimate of drug-likeness (QED) is 0.567. The zero-order chi connectivity index (χ0) is 16.9. The van der Waals surface area contributed by atoms with Crippen molar-refractivity contribution >= 4 is 32.5 Å². The maximum atomic E-state index is 12.2. The number of sulfone groups is 1. The van der Waals surface area contributed by atoms with Gasteiger partial charge in [0.2, 0.25) is 0 Å². The van der Waals surface area contributed by atoms with Crippen LogP contribution < -0.4 is 11.5 Å². The van der Waals surface area contributed by atoms with E-state index in [9.17, 15) is 17.4 Å². The topological polar surface area (TPSA) is 133 Å². The molecule has 22 heavy (non-hydrogen) atoms. The molecule has 1 rings (SSSR count). The van der Waals surface area contributed by atoms with Crippen LogP contribution in [0, 0.1) is 0 Å². The monoisotopic (exact) mass is 345 g/mol. The fourth-order valence-electron chi connectivity index (χ4n) is 1.69. The zero-order valence-corrected chi connectivity index (χ0v) is 14.0. The number of guanidine groups is 1. The Labute approximate surface area is 132 Å². The summed E-state index contributed by atoms with van der Waals surface area (Å²) >= 11 is 0. The third kappa shape index (κ3) is 4.92. The van der Waals surface area contributed by atoms with Gasteiger partial charge in [-0.05, 0) is 24.6 Å². The third-order valence-electron chi connectivity index (χ3n) is 2.75. The molecule has 0 radical (unpaired) electrons. The molecular formula is C13H19N3O4S2. The van der Waals surface area contributed by atoms with Gasteiger partial charge in [-0.3, -0.25) is 9.00 Å². The molecule has 9 heteroatoms. The zero-order valence-electron chi connectivity index (χ0n) is 12.4. The number of hydrogen-bond donors (Lipinski definition) is 2. The van der Waals surface area contributed by atoms with Crippen LogP contribution in [0.15, 0.2) is 33.0 Å². The third-order valence-corrected chi connectivity index (χ3v) is 5.52. The van der Waals surface area contributed by atoms with Gasteiger partial charge in [-0.25, -0.2) is 8.42 Å². The van der Waals surface area contributed by atoms with Crippen LogP contribution in [0.3, 0.4) is 0 Å². The first-order valence-electron chi connectivity index (χ1n) is 6.53. The van der Waals surface area contributed by atoms with Crippen LogP contribution in [-0.4, -0.2) is 36.5 Å². The molecule has 0 aliphatic rings. The standard InChI is InChI=1S/C13H19N3O4S2/c1-3-4-7-21(18)10-6-5-9(12(17)16-13(14)15)8-11(10)22(2,19)20/h5-6,8H,3-4,7H2,1-2H3,(H4,14,15,16,17). The van der Waals surface area contributed by atoms with E-state index in [0.29, 0.717) is 12.2 Å². The second-order valence-corrected chi connectivity index (χ2v) is 8.20. The van der Waals surface area contributed by atoms with Crippen molar-refractivity contribution in [2.75, 3.05) is 12.0 Å². The lowest BCUT2D eigenvalue weighted by atomic mass is 10.2. The van der Waals surface area contributed by atoms with Crippen LogP contribution in [0.5, 0.6) is 0 Å². The van der Waals surface area contributed by atoms with Crippen LogP contribution in [0.4, 0.5) is 0 Å². The summed E-state index contributed by atoms with van der Waals surface area (Å²) in [4.78, 5) is 15.2. The summed E-state index contributed by atoms with van der Waals surface area (Å²) in [6.07, 6.45) is 2.56. The van der Waals surface area contributed by atoms with Gasteiger partial charge in [0.1, 0.15) is 0 Å². The largest absolute Gasteiger partial charge is 0.370 e. The normalized spacial score (nSPS) is 12.6. The van der Waals surface area contributed by atoms with Gasteiger partial charge >= 0.3 is 0 Å². The molecule has 4 N–H and O–H groups in total. The Balaban J connectivity index is 3.35. The maximum absolute atomic E-state index is 12.2.